The molecule has 0 rings (SSSR count). The molecule has 0 aliphatic rings. The first-order valence-electron chi connectivity index (χ1n) is 6.05. The summed E-state index contributed by atoms with van der Waals surface area (Å²) in [6, 6.07) is 0. The second-order valence-electron chi connectivity index (χ2n) is 5.04. The highest BCUT2D eigenvalue weighted by Crippen LogP contribution is 2.23. The van der Waals surface area contributed by atoms with Crippen LogP contribution < -0.4 is 0 Å². The summed E-state index contributed by atoms with van der Waals surface area (Å²) in [4.78, 5) is 11.2. The SMILES string of the molecule is C=C[Si](C=C)(C=C)C[Si](C)(C)COC(=O)OCC. The standard InChI is InChI=1S/C13H24O3Si2/c1-7-15-13(14)16-11-17(5,6)12-18(8-2,9-3)10-4/h8-10H,2-4,7,11-12H2,1,5-6H3. The lowest BCUT2D eigenvalue weighted by Crippen LogP contribution is -2.44. The number of hydrogen-bond donors (Lipinski definition) is 0. The lowest BCUT2D eigenvalue weighted by molar-refractivity contribution is 0.0702. The van der Waals surface area contributed by atoms with Gasteiger partial charge in [-0.1, -0.05) is 30.2 Å². The van der Waals surface area contributed by atoms with E-state index in [1.807, 2.05) is 17.1 Å². The summed E-state index contributed by atoms with van der Waals surface area (Å²) in [6.07, 6.45) is -0.128. The largest absolute Gasteiger partial charge is 0.507 e. The van der Waals surface area contributed by atoms with Crippen LogP contribution in [0.25, 0.3) is 0 Å². The minimum Gasteiger partial charge on any atom is -0.438 e. The third-order valence-corrected chi connectivity index (χ3v) is 12.3. The number of carbonyl (C=O) groups is 1. The average Bonchev–Trinajstić information content (AvgIpc) is 2.34. The van der Waals surface area contributed by atoms with E-state index in [9.17, 15) is 4.79 Å². The van der Waals surface area contributed by atoms with Crippen LogP contribution in [0, 0.1) is 0 Å². The van der Waals surface area contributed by atoms with Gasteiger partial charge >= 0.3 is 6.16 Å². The van der Waals surface area contributed by atoms with Crippen molar-refractivity contribution in [1.29, 1.82) is 0 Å². The second-order valence-corrected chi connectivity index (χ2v) is 14.5. The number of ether oxygens (including phenoxy) is 2. The maximum Gasteiger partial charge on any atom is 0.507 e. The molecule has 0 aliphatic carbocycles. The summed E-state index contributed by atoms with van der Waals surface area (Å²) in [6.45, 7) is 18.1. The molecular weight excluding hydrogens is 260 g/mol. The molecule has 0 aromatic heterocycles. The molecule has 0 spiro atoms. The molecule has 0 heterocycles. The number of rotatable bonds is 8. The van der Waals surface area contributed by atoms with Gasteiger partial charge in [0.25, 0.3) is 0 Å². The van der Waals surface area contributed by atoms with Crippen molar-refractivity contribution < 1.29 is 14.3 Å². The van der Waals surface area contributed by atoms with Crippen molar-refractivity contribution in [3.63, 3.8) is 0 Å². The summed E-state index contributed by atoms with van der Waals surface area (Å²) in [7, 11) is -3.49. The van der Waals surface area contributed by atoms with E-state index in [4.69, 9.17) is 9.47 Å². The Balaban J connectivity index is 4.54. The third kappa shape index (κ3) is 5.51. The van der Waals surface area contributed by atoms with Gasteiger partial charge in [-0.25, -0.2) is 4.79 Å². The van der Waals surface area contributed by atoms with E-state index in [1.165, 1.54) is 0 Å². The minimum atomic E-state index is -1.82. The molecule has 0 amide bonds. The zero-order valence-electron chi connectivity index (χ0n) is 11.7. The summed E-state index contributed by atoms with van der Waals surface area (Å²) in [5, 5.41) is 0. The summed E-state index contributed by atoms with van der Waals surface area (Å²) in [5.74, 6) is 0. The van der Waals surface area contributed by atoms with Gasteiger partial charge in [0.2, 0.25) is 0 Å². The summed E-state index contributed by atoms with van der Waals surface area (Å²) < 4.78 is 9.90. The van der Waals surface area contributed by atoms with Crippen molar-refractivity contribution in [1.82, 2.24) is 0 Å². The van der Waals surface area contributed by atoms with Gasteiger partial charge in [-0.05, 0) is 12.6 Å². The maximum absolute atomic E-state index is 11.2. The van der Waals surface area contributed by atoms with Crippen molar-refractivity contribution in [3.8, 4) is 0 Å². The Labute approximate surface area is 112 Å². The Bertz CT molecular complexity index is 302. The van der Waals surface area contributed by atoms with Crippen molar-refractivity contribution >= 4 is 22.3 Å². The zero-order valence-corrected chi connectivity index (χ0v) is 13.7. The van der Waals surface area contributed by atoms with Crippen LogP contribution in [-0.2, 0) is 9.47 Å². The normalized spacial score (nSPS) is 11.5. The van der Waals surface area contributed by atoms with Crippen molar-refractivity contribution in [3.05, 3.63) is 36.8 Å². The molecule has 0 atom stereocenters. The summed E-state index contributed by atoms with van der Waals surface area (Å²) >= 11 is 0. The molecule has 0 bridgehead atoms. The molecule has 18 heavy (non-hydrogen) atoms. The molecule has 0 aromatic carbocycles. The minimum absolute atomic E-state index is 0.339. The monoisotopic (exact) mass is 284 g/mol. The Hall–Kier alpha value is -1.08. The molecule has 0 saturated carbocycles. The topological polar surface area (TPSA) is 35.5 Å². The van der Waals surface area contributed by atoms with E-state index in [2.05, 4.69) is 32.8 Å². The van der Waals surface area contributed by atoms with Gasteiger partial charge in [-0.15, -0.1) is 19.7 Å². The van der Waals surface area contributed by atoms with E-state index >= 15 is 0 Å². The Kier molecular flexibility index (Phi) is 6.94. The molecule has 0 aliphatic heterocycles. The first-order chi connectivity index (χ1) is 8.34. The van der Waals surface area contributed by atoms with Gasteiger partial charge in [0.05, 0.1) is 20.9 Å². The smallest absolute Gasteiger partial charge is 0.438 e. The van der Waals surface area contributed by atoms with Gasteiger partial charge in [-0.2, -0.15) is 0 Å². The molecule has 5 heteroatoms. The fraction of sp³-hybridized carbons (Fsp3) is 0.462. The van der Waals surface area contributed by atoms with Crippen LogP contribution in [-0.4, -0.2) is 35.1 Å². The average molecular weight is 285 g/mol. The molecular formula is C13H24O3Si2. The number of hydrogen-bond acceptors (Lipinski definition) is 3. The predicted octanol–water partition coefficient (Wildman–Crippen LogP) is 3.57. The first kappa shape index (κ1) is 16.9. The first-order valence-corrected chi connectivity index (χ1v) is 11.9. The zero-order chi connectivity index (χ0) is 14.2. The Morgan fingerprint density at radius 2 is 1.61 bits per heavy atom. The van der Waals surface area contributed by atoms with E-state index in [0.717, 1.165) is 5.67 Å². The Morgan fingerprint density at radius 3 is 2.00 bits per heavy atom. The fourth-order valence-electron chi connectivity index (χ4n) is 1.76. The van der Waals surface area contributed by atoms with E-state index in [1.54, 1.807) is 6.92 Å². The number of carbonyl (C=O) groups excluding carboxylic acids is 1. The van der Waals surface area contributed by atoms with Gasteiger partial charge in [-0.3, -0.25) is 0 Å². The van der Waals surface area contributed by atoms with E-state index in [0.29, 0.717) is 12.8 Å². The molecule has 0 aromatic rings. The lowest BCUT2D eigenvalue weighted by atomic mass is 10.9. The van der Waals surface area contributed by atoms with Crippen molar-refractivity contribution in [2.24, 2.45) is 0 Å². The van der Waals surface area contributed by atoms with Crippen LogP contribution in [0.1, 0.15) is 6.92 Å². The quantitative estimate of drug-likeness (QED) is 0.505. The van der Waals surface area contributed by atoms with Crippen LogP contribution in [0.4, 0.5) is 4.79 Å². The van der Waals surface area contributed by atoms with Crippen molar-refractivity contribution in [2.45, 2.75) is 25.7 Å². The van der Waals surface area contributed by atoms with Gasteiger partial charge in [0.1, 0.15) is 8.07 Å². The second kappa shape index (κ2) is 7.38. The third-order valence-electron chi connectivity index (χ3n) is 2.77. The van der Waals surface area contributed by atoms with Gasteiger partial charge in [0.15, 0.2) is 0 Å². The van der Waals surface area contributed by atoms with Gasteiger partial charge < -0.3 is 9.47 Å². The van der Waals surface area contributed by atoms with Crippen molar-refractivity contribution in [2.75, 3.05) is 12.8 Å². The molecule has 0 N–H and O–H groups in total. The van der Waals surface area contributed by atoms with Crippen LogP contribution in [0.5, 0.6) is 0 Å². The van der Waals surface area contributed by atoms with E-state index in [-0.39, 0.29) is 0 Å². The van der Waals surface area contributed by atoms with Crippen LogP contribution in [0.2, 0.25) is 18.8 Å². The lowest BCUT2D eigenvalue weighted by Gasteiger charge is -2.30. The Morgan fingerprint density at radius 1 is 1.11 bits per heavy atom. The summed E-state index contributed by atoms with van der Waals surface area (Å²) in [5.41, 5.74) is 6.93. The van der Waals surface area contributed by atoms with Crippen LogP contribution in [0.15, 0.2) is 36.8 Å². The van der Waals surface area contributed by atoms with Crippen LogP contribution in [0.3, 0.4) is 0 Å². The molecule has 0 fully saturated rings. The van der Waals surface area contributed by atoms with Crippen LogP contribution >= 0.6 is 0 Å². The fourth-order valence-corrected chi connectivity index (χ4v) is 11.5. The molecule has 102 valence electrons. The highest BCUT2D eigenvalue weighted by atomic mass is 28.4. The van der Waals surface area contributed by atoms with Gasteiger partial charge in [0, 0.05) is 0 Å². The highest BCUT2D eigenvalue weighted by molar-refractivity contribution is 7.03. The predicted molar refractivity (Wildman–Crippen MR) is 81.6 cm³/mol. The molecule has 0 radical (unpaired) electrons. The molecule has 0 saturated heterocycles. The highest BCUT2D eigenvalue weighted by Gasteiger charge is 2.34. The van der Waals surface area contributed by atoms with E-state index < -0.39 is 22.3 Å². The molecule has 3 nitrogen and oxygen atoms in total. The molecule has 0 unspecified atom stereocenters. The maximum atomic E-state index is 11.2.